The van der Waals surface area contributed by atoms with Crippen molar-refractivity contribution in [2.75, 3.05) is 36.9 Å². The Hall–Kier alpha value is -2.95. The van der Waals surface area contributed by atoms with Gasteiger partial charge in [-0.25, -0.2) is 4.98 Å². The summed E-state index contributed by atoms with van der Waals surface area (Å²) < 4.78 is 46.3. The van der Waals surface area contributed by atoms with Gasteiger partial charge in [-0.15, -0.1) is 11.3 Å². The second-order valence-corrected chi connectivity index (χ2v) is 8.53. The molecule has 8 nitrogen and oxygen atoms in total. The van der Waals surface area contributed by atoms with Crippen LogP contribution in [0.4, 0.5) is 25.1 Å². The monoisotopic (exact) mass is 479 g/mol. The van der Waals surface area contributed by atoms with Crippen LogP contribution in [0.3, 0.4) is 0 Å². The van der Waals surface area contributed by atoms with Gasteiger partial charge in [-0.2, -0.15) is 33.4 Å². The van der Waals surface area contributed by atoms with Crippen LogP contribution < -0.4 is 10.6 Å². The van der Waals surface area contributed by atoms with Crippen LogP contribution in [0.1, 0.15) is 17.0 Å². The number of nitrogens with two attached hydrogens (primary N) is 1. The van der Waals surface area contributed by atoms with Gasteiger partial charge in [-0.1, -0.05) is 17.8 Å². The Balaban J connectivity index is 1.66. The highest BCUT2D eigenvalue weighted by Gasteiger charge is 2.36. The fraction of sp³-hybridized carbons (Fsp3) is 0.316. The first-order valence-electron chi connectivity index (χ1n) is 9.37. The molecular weight excluding hydrogens is 463 g/mol. The number of alkyl halides is 3. The number of aromatic nitrogens is 4. The lowest BCUT2D eigenvalue weighted by Crippen LogP contribution is -2.37. The van der Waals surface area contributed by atoms with Gasteiger partial charge < -0.3 is 15.4 Å². The molecule has 13 heteroatoms. The summed E-state index contributed by atoms with van der Waals surface area (Å²) in [6, 6.07) is 5.96. The van der Waals surface area contributed by atoms with E-state index in [9.17, 15) is 18.4 Å². The van der Waals surface area contributed by atoms with Crippen LogP contribution in [0.25, 0.3) is 10.6 Å². The number of pyridine rings is 1. The van der Waals surface area contributed by atoms with Crippen LogP contribution in [0.5, 0.6) is 0 Å². The van der Waals surface area contributed by atoms with Crippen molar-refractivity contribution in [1.82, 2.24) is 19.9 Å². The molecule has 1 fully saturated rings. The Morgan fingerprint density at radius 2 is 2.00 bits per heavy atom. The lowest BCUT2D eigenvalue weighted by molar-refractivity contribution is -0.138. The molecule has 3 aromatic heterocycles. The van der Waals surface area contributed by atoms with Crippen LogP contribution in [0, 0.1) is 11.3 Å². The Bertz CT molecular complexity index is 1140. The molecule has 32 heavy (non-hydrogen) atoms. The number of anilines is 2. The topological polar surface area (TPSA) is 114 Å². The number of ether oxygens (including phenoxy) is 1. The van der Waals surface area contributed by atoms with Gasteiger partial charge in [0.25, 0.3) is 0 Å². The summed E-state index contributed by atoms with van der Waals surface area (Å²) in [5.74, 6) is 0.739. The highest BCUT2D eigenvalue weighted by Crippen LogP contribution is 2.39. The molecule has 2 N–H and O–H groups in total. The molecule has 166 valence electrons. The Morgan fingerprint density at radius 3 is 2.66 bits per heavy atom. The van der Waals surface area contributed by atoms with Crippen molar-refractivity contribution in [3.8, 4) is 16.6 Å². The molecule has 0 saturated carbocycles. The molecule has 0 aliphatic carbocycles. The second-order valence-electron chi connectivity index (χ2n) is 6.62. The number of nitriles is 1. The minimum atomic E-state index is -4.70. The van der Waals surface area contributed by atoms with E-state index in [1.807, 2.05) is 4.90 Å². The number of nitrogens with zero attached hydrogens (tertiary/aromatic N) is 6. The summed E-state index contributed by atoms with van der Waals surface area (Å²) in [6.45, 7) is 2.24. The van der Waals surface area contributed by atoms with E-state index in [1.165, 1.54) is 11.3 Å². The highest BCUT2D eigenvalue weighted by molar-refractivity contribution is 7.98. The van der Waals surface area contributed by atoms with Gasteiger partial charge in [0.15, 0.2) is 0 Å². The van der Waals surface area contributed by atoms with E-state index in [0.717, 1.165) is 17.8 Å². The Labute approximate surface area is 189 Å². The second kappa shape index (κ2) is 9.27. The van der Waals surface area contributed by atoms with Gasteiger partial charge in [-0.05, 0) is 17.5 Å². The van der Waals surface area contributed by atoms with Crippen molar-refractivity contribution in [2.24, 2.45) is 0 Å². The van der Waals surface area contributed by atoms with E-state index in [0.29, 0.717) is 37.1 Å². The normalized spacial score (nSPS) is 14.4. The molecule has 1 aliphatic heterocycles. The summed E-state index contributed by atoms with van der Waals surface area (Å²) in [5.41, 5.74) is 4.41. The molecule has 4 rings (SSSR count). The quantitative estimate of drug-likeness (QED) is 0.548. The van der Waals surface area contributed by atoms with E-state index in [1.54, 1.807) is 23.6 Å². The molecule has 0 spiro atoms. The van der Waals surface area contributed by atoms with E-state index in [4.69, 9.17) is 10.5 Å². The number of morpholine rings is 1. The first-order valence-corrected chi connectivity index (χ1v) is 11.2. The highest BCUT2D eigenvalue weighted by atomic mass is 32.2. The maximum Gasteiger partial charge on any atom is 0.417 e. The standard InChI is InChI=1S/C19H16F3N7OS2/c20-19(21,22)12-8-13(14-2-1-7-31-14)25-16(11(12)9-23)32-10-15-26-17(24)28-18(27-15)29-3-5-30-6-4-29/h1-2,7-8H,3-6,10H2,(H2,24,26,27,28). The van der Waals surface area contributed by atoms with Crippen LogP contribution in [-0.2, 0) is 16.7 Å². The van der Waals surface area contributed by atoms with E-state index in [-0.39, 0.29) is 28.2 Å². The molecule has 0 unspecified atom stereocenters. The minimum absolute atomic E-state index is 0.00822. The number of hydrogen-bond donors (Lipinski definition) is 1. The van der Waals surface area contributed by atoms with Gasteiger partial charge in [0.1, 0.15) is 16.9 Å². The van der Waals surface area contributed by atoms with Gasteiger partial charge in [0.05, 0.1) is 40.7 Å². The van der Waals surface area contributed by atoms with Crippen molar-refractivity contribution in [2.45, 2.75) is 17.0 Å². The number of thioether (sulfide) groups is 1. The molecule has 0 bridgehead atoms. The smallest absolute Gasteiger partial charge is 0.378 e. The molecule has 0 atom stereocenters. The zero-order chi connectivity index (χ0) is 22.7. The summed E-state index contributed by atoms with van der Waals surface area (Å²) in [7, 11) is 0. The van der Waals surface area contributed by atoms with Gasteiger partial charge in [0, 0.05) is 13.1 Å². The molecular formula is C19H16F3N7OS2. The van der Waals surface area contributed by atoms with Crippen LogP contribution in [0.15, 0.2) is 28.6 Å². The van der Waals surface area contributed by atoms with Crippen LogP contribution in [-0.4, -0.2) is 46.2 Å². The first-order chi connectivity index (χ1) is 15.3. The van der Waals surface area contributed by atoms with Crippen molar-refractivity contribution in [3.05, 3.63) is 40.5 Å². The van der Waals surface area contributed by atoms with Crippen molar-refractivity contribution >= 4 is 35.0 Å². The van der Waals surface area contributed by atoms with Crippen LogP contribution in [0.2, 0.25) is 0 Å². The third kappa shape index (κ3) is 4.93. The molecule has 0 amide bonds. The molecule has 4 heterocycles. The summed E-state index contributed by atoms with van der Waals surface area (Å²) >= 11 is 2.21. The van der Waals surface area contributed by atoms with E-state index in [2.05, 4.69) is 19.9 Å². The molecule has 3 aromatic rings. The van der Waals surface area contributed by atoms with Crippen molar-refractivity contribution in [3.63, 3.8) is 0 Å². The molecule has 1 aliphatic rings. The van der Waals surface area contributed by atoms with Gasteiger partial charge in [0.2, 0.25) is 11.9 Å². The molecule has 1 saturated heterocycles. The van der Waals surface area contributed by atoms with Crippen molar-refractivity contribution < 1.29 is 17.9 Å². The largest absolute Gasteiger partial charge is 0.417 e. The SMILES string of the molecule is N#Cc1c(C(F)(F)F)cc(-c2cccs2)nc1SCc1nc(N)nc(N2CCOCC2)n1. The third-order valence-corrected chi connectivity index (χ3v) is 6.36. The molecule has 0 aromatic carbocycles. The summed E-state index contributed by atoms with van der Waals surface area (Å²) in [6.07, 6.45) is -4.70. The number of halogens is 3. The maximum atomic E-state index is 13.7. The average molecular weight is 480 g/mol. The lowest BCUT2D eigenvalue weighted by atomic mass is 10.1. The molecule has 0 radical (unpaired) electrons. The van der Waals surface area contributed by atoms with E-state index < -0.39 is 17.3 Å². The fourth-order valence-corrected chi connectivity index (χ4v) is 4.58. The number of hydrogen-bond acceptors (Lipinski definition) is 10. The fourth-order valence-electron chi connectivity index (χ4n) is 3.04. The maximum absolute atomic E-state index is 13.7. The zero-order valence-corrected chi connectivity index (χ0v) is 18.1. The number of rotatable bonds is 5. The minimum Gasteiger partial charge on any atom is -0.378 e. The number of nitrogen functional groups attached to an aromatic ring is 1. The summed E-state index contributed by atoms with van der Waals surface area (Å²) in [4.78, 5) is 19.4. The van der Waals surface area contributed by atoms with Gasteiger partial charge >= 0.3 is 6.18 Å². The first kappa shape index (κ1) is 22.3. The Kier molecular flexibility index (Phi) is 6.45. The summed E-state index contributed by atoms with van der Waals surface area (Å²) in [5, 5.41) is 11.2. The predicted octanol–water partition coefficient (Wildman–Crippen LogP) is 3.60. The third-order valence-electron chi connectivity index (χ3n) is 4.50. The number of thiophene rings is 1. The lowest BCUT2D eigenvalue weighted by Gasteiger charge is -2.26. The predicted molar refractivity (Wildman–Crippen MR) is 114 cm³/mol. The van der Waals surface area contributed by atoms with Crippen LogP contribution >= 0.6 is 23.1 Å². The Morgan fingerprint density at radius 1 is 1.22 bits per heavy atom. The van der Waals surface area contributed by atoms with Gasteiger partial charge in [-0.3, -0.25) is 0 Å². The zero-order valence-electron chi connectivity index (χ0n) is 16.5. The van der Waals surface area contributed by atoms with Crippen molar-refractivity contribution in [1.29, 1.82) is 5.26 Å². The average Bonchev–Trinajstić information content (AvgIpc) is 3.31. The van der Waals surface area contributed by atoms with E-state index >= 15 is 0 Å².